The first-order valence-electron chi connectivity index (χ1n) is 31.1. The zero-order valence-electron chi connectivity index (χ0n) is 46.6. The minimum atomic E-state index is -0.841. The molecule has 0 aliphatic rings. The van der Waals surface area contributed by atoms with Crippen LogP contribution in [0.4, 0.5) is 0 Å². The highest BCUT2D eigenvalue weighted by Gasteiger charge is 2.18. The number of rotatable bonds is 58. The Bertz CT molecular complexity index is 1080. The van der Waals surface area contributed by atoms with Crippen molar-refractivity contribution in [2.75, 3.05) is 13.2 Å². The van der Waals surface area contributed by atoms with Gasteiger partial charge in [-0.15, -0.1) is 0 Å². The van der Waals surface area contributed by atoms with Crippen LogP contribution in [-0.4, -0.2) is 47.4 Å². The number of amides is 1. The first-order valence-corrected chi connectivity index (χ1v) is 31.1. The predicted molar refractivity (Wildman–Crippen MR) is 301 cm³/mol. The van der Waals surface area contributed by atoms with Crippen LogP contribution in [0.2, 0.25) is 0 Å². The van der Waals surface area contributed by atoms with Crippen LogP contribution in [0.3, 0.4) is 0 Å². The highest BCUT2D eigenvalue weighted by Crippen LogP contribution is 2.17. The number of aliphatic hydroxyl groups is 2. The van der Waals surface area contributed by atoms with Crippen molar-refractivity contribution in [1.82, 2.24) is 5.32 Å². The van der Waals surface area contributed by atoms with Gasteiger partial charge in [0, 0.05) is 12.8 Å². The third-order valence-corrected chi connectivity index (χ3v) is 14.5. The van der Waals surface area contributed by atoms with Gasteiger partial charge in [0.2, 0.25) is 5.91 Å². The lowest BCUT2D eigenvalue weighted by atomic mass is 10.0. The van der Waals surface area contributed by atoms with Gasteiger partial charge in [-0.25, -0.2) is 0 Å². The second-order valence-electron chi connectivity index (χ2n) is 21.4. The molecule has 3 N–H and O–H groups in total. The van der Waals surface area contributed by atoms with E-state index in [0.717, 1.165) is 38.5 Å². The molecule has 408 valence electrons. The average Bonchev–Trinajstić information content (AvgIpc) is 3.35. The van der Waals surface area contributed by atoms with Crippen molar-refractivity contribution in [3.8, 4) is 0 Å². The molecule has 0 aromatic rings. The number of ether oxygens (including phenoxy) is 1. The highest BCUT2D eigenvalue weighted by molar-refractivity contribution is 5.76. The second kappa shape index (κ2) is 58.9. The van der Waals surface area contributed by atoms with Crippen molar-refractivity contribution in [3.63, 3.8) is 0 Å². The van der Waals surface area contributed by atoms with E-state index in [-0.39, 0.29) is 18.5 Å². The van der Waals surface area contributed by atoms with Crippen LogP contribution in [0.25, 0.3) is 0 Å². The molecule has 0 saturated carbocycles. The molecule has 2 atom stereocenters. The van der Waals surface area contributed by atoms with Crippen LogP contribution in [-0.2, 0) is 14.3 Å². The largest absolute Gasteiger partial charge is 0.466 e. The Morgan fingerprint density at radius 3 is 1.03 bits per heavy atom. The van der Waals surface area contributed by atoms with Gasteiger partial charge in [-0.05, 0) is 57.8 Å². The number of carbonyl (C=O) groups excluding carboxylic acids is 2. The van der Waals surface area contributed by atoms with Crippen molar-refractivity contribution < 1.29 is 24.5 Å². The van der Waals surface area contributed by atoms with Gasteiger partial charge in [-0.2, -0.15) is 0 Å². The molecule has 6 heteroatoms. The highest BCUT2D eigenvalue weighted by atomic mass is 16.5. The first-order chi connectivity index (χ1) is 34.0. The maximum absolute atomic E-state index is 12.4. The lowest BCUT2D eigenvalue weighted by molar-refractivity contribution is -0.143. The van der Waals surface area contributed by atoms with E-state index < -0.39 is 12.1 Å². The number of hydrogen-bond donors (Lipinski definition) is 3. The van der Waals surface area contributed by atoms with E-state index in [1.54, 1.807) is 6.08 Å². The quantitative estimate of drug-likeness (QED) is 0.0321. The number of carbonyl (C=O) groups is 2. The summed E-state index contributed by atoms with van der Waals surface area (Å²) >= 11 is 0. The van der Waals surface area contributed by atoms with E-state index in [0.29, 0.717) is 19.4 Å². The smallest absolute Gasteiger partial charge is 0.305 e. The molecule has 0 aromatic heterocycles. The minimum Gasteiger partial charge on any atom is -0.466 e. The maximum Gasteiger partial charge on any atom is 0.305 e. The van der Waals surface area contributed by atoms with Crippen molar-refractivity contribution in [3.05, 3.63) is 24.3 Å². The van der Waals surface area contributed by atoms with Gasteiger partial charge < -0.3 is 20.3 Å². The lowest BCUT2D eigenvalue weighted by Crippen LogP contribution is -2.45. The van der Waals surface area contributed by atoms with E-state index in [4.69, 9.17) is 4.74 Å². The van der Waals surface area contributed by atoms with Crippen LogP contribution >= 0.6 is 0 Å². The maximum atomic E-state index is 12.4. The molecule has 0 aliphatic carbocycles. The summed E-state index contributed by atoms with van der Waals surface area (Å²) in [5, 5.41) is 23.0. The van der Waals surface area contributed by atoms with Gasteiger partial charge in [-0.3, -0.25) is 9.59 Å². The van der Waals surface area contributed by atoms with E-state index in [1.807, 2.05) is 6.08 Å². The summed E-state index contributed by atoms with van der Waals surface area (Å²) < 4.78 is 5.48. The molecule has 0 saturated heterocycles. The lowest BCUT2D eigenvalue weighted by Gasteiger charge is -2.20. The number of esters is 1. The van der Waals surface area contributed by atoms with E-state index >= 15 is 0 Å². The van der Waals surface area contributed by atoms with E-state index in [9.17, 15) is 19.8 Å². The first kappa shape index (κ1) is 67.3. The number of unbranched alkanes of at least 4 members (excludes halogenated alkanes) is 45. The summed E-state index contributed by atoms with van der Waals surface area (Å²) in [7, 11) is 0. The van der Waals surface area contributed by atoms with Crippen molar-refractivity contribution in [1.29, 1.82) is 0 Å². The number of hydrogen-bond acceptors (Lipinski definition) is 5. The molecular weight excluding hydrogens is 851 g/mol. The molecule has 2 unspecified atom stereocenters. The molecule has 69 heavy (non-hydrogen) atoms. The van der Waals surface area contributed by atoms with Crippen molar-refractivity contribution >= 4 is 11.9 Å². The number of nitrogens with one attached hydrogen (secondary N) is 1. The van der Waals surface area contributed by atoms with Gasteiger partial charge >= 0.3 is 5.97 Å². The molecule has 0 spiro atoms. The number of aliphatic hydroxyl groups excluding tert-OH is 2. The van der Waals surface area contributed by atoms with E-state index in [2.05, 4.69) is 31.3 Å². The molecule has 0 rings (SSSR count). The molecule has 0 aliphatic heterocycles. The van der Waals surface area contributed by atoms with Crippen LogP contribution in [0, 0.1) is 0 Å². The van der Waals surface area contributed by atoms with Gasteiger partial charge in [0.25, 0.3) is 0 Å². The Morgan fingerprint density at radius 2 is 0.681 bits per heavy atom. The topological polar surface area (TPSA) is 95.9 Å². The summed E-state index contributed by atoms with van der Waals surface area (Å²) in [5.74, 6) is -0.0503. The third kappa shape index (κ3) is 55.5. The Balaban J connectivity index is 3.35. The Kier molecular flexibility index (Phi) is 57.5. The van der Waals surface area contributed by atoms with Gasteiger partial charge in [-0.1, -0.05) is 295 Å². The minimum absolute atomic E-state index is 0.0178. The average molecular weight is 973 g/mol. The molecule has 6 nitrogen and oxygen atoms in total. The summed E-state index contributed by atoms with van der Waals surface area (Å²) in [4.78, 5) is 24.4. The zero-order chi connectivity index (χ0) is 50.0. The molecule has 0 bridgehead atoms. The summed E-state index contributed by atoms with van der Waals surface area (Å²) in [6.07, 6.45) is 72.4. The molecule has 0 aromatic carbocycles. The summed E-state index contributed by atoms with van der Waals surface area (Å²) in [6, 6.07) is -0.625. The number of allylic oxidation sites excluding steroid dienone is 3. The molecule has 0 fully saturated rings. The fraction of sp³-hybridized carbons (Fsp3) is 0.905. The van der Waals surface area contributed by atoms with Crippen LogP contribution in [0.5, 0.6) is 0 Å². The fourth-order valence-corrected chi connectivity index (χ4v) is 9.69. The molecular formula is C63H121NO5. The summed E-state index contributed by atoms with van der Waals surface area (Å²) in [6.45, 7) is 4.90. The zero-order valence-corrected chi connectivity index (χ0v) is 46.6. The van der Waals surface area contributed by atoms with Gasteiger partial charge in [0.05, 0.1) is 25.4 Å². The Morgan fingerprint density at radius 1 is 0.391 bits per heavy atom. The third-order valence-electron chi connectivity index (χ3n) is 14.5. The second-order valence-corrected chi connectivity index (χ2v) is 21.4. The monoisotopic (exact) mass is 972 g/mol. The summed E-state index contributed by atoms with van der Waals surface area (Å²) in [5.41, 5.74) is 0. The molecule has 0 heterocycles. The predicted octanol–water partition coefficient (Wildman–Crippen LogP) is 19.4. The van der Waals surface area contributed by atoms with Crippen LogP contribution < -0.4 is 5.32 Å². The van der Waals surface area contributed by atoms with E-state index in [1.165, 1.54) is 276 Å². The Hall–Kier alpha value is -1.66. The Labute approximate surface area is 431 Å². The molecule has 1 amide bonds. The van der Waals surface area contributed by atoms with Gasteiger partial charge in [0.15, 0.2) is 0 Å². The van der Waals surface area contributed by atoms with Crippen molar-refractivity contribution in [2.24, 2.45) is 0 Å². The molecule has 0 radical (unpaired) electrons. The normalized spacial score (nSPS) is 12.7. The van der Waals surface area contributed by atoms with Crippen LogP contribution in [0.15, 0.2) is 24.3 Å². The standard InChI is InChI=1S/C63H121NO5/c1-3-5-7-9-11-13-15-33-37-41-45-49-53-57-63(68)69-58-54-50-46-42-38-35-32-30-28-26-24-22-20-18-16-17-19-21-23-25-27-29-31-34-36-40-44-48-52-56-62(67)64-60(59-65)61(66)55-51-47-43-39-14-12-10-8-6-4-2/h16,18,51,55,60-61,65-66H,3-15,17,19-50,52-54,56-59H2,1-2H3,(H,64,67)/b18-16-,55-51+. The SMILES string of the molecule is CCCCCCCCCC/C=C/C(O)C(CO)NC(=O)CCCCCCCCCCCCCCC/C=C\CCCCCCCCCCCCCCOC(=O)CCCCCCCCCCCCCCC. The van der Waals surface area contributed by atoms with Gasteiger partial charge in [0.1, 0.15) is 0 Å². The fourth-order valence-electron chi connectivity index (χ4n) is 9.69. The van der Waals surface area contributed by atoms with Crippen molar-refractivity contribution in [2.45, 2.75) is 353 Å². The van der Waals surface area contributed by atoms with Crippen LogP contribution in [0.1, 0.15) is 341 Å².